The third kappa shape index (κ3) is 2.28. The van der Waals surface area contributed by atoms with Crippen molar-refractivity contribution in [3.05, 3.63) is 34.3 Å². The molecule has 0 spiro atoms. The summed E-state index contributed by atoms with van der Waals surface area (Å²) in [6.45, 7) is 0.862. The maximum atomic E-state index is 11.6. The summed E-state index contributed by atoms with van der Waals surface area (Å²) in [5, 5.41) is 3.34. The predicted octanol–water partition coefficient (Wildman–Crippen LogP) is 2.27. The zero-order valence-electron chi connectivity index (χ0n) is 9.07. The number of ether oxygens (including phenoxy) is 1. The first kappa shape index (κ1) is 11.6. The van der Waals surface area contributed by atoms with Crippen LogP contribution in [0.3, 0.4) is 0 Å². The first-order chi connectivity index (χ1) is 7.72. The highest BCUT2D eigenvalue weighted by atomic mass is 79.9. The summed E-state index contributed by atoms with van der Waals surface area (Å²) in [6.07, 6.45) is 0.841. The quantitative estimate of drug-likeness (QED) is 0.847. The molecule has 0 saturated carbocycles. The van der Waals surface area contributed by atoms with Crippen LogP contribution in [0, 0.1) is 5.92 Å². The number of carbonyl (C=O) groups is 1. The van der Waals surface area contributed by atoms with Crippen molar-refractivity contribution in [1.82, 2.24) is 5.32 Å². The standard InChI is InChI=1S/C12H14BrNO2/c1-16-12(15)10-6-7-14-11(10)8-2-4-9(13)5-3-8/h2-5,10-11,14H,6-7H2,1H3/t10-,11-/m0/s1. The Morgan fingerprint density at radius 2 is 2.12 bits per heavy atom. The van der Waals surface area contributed by atoms with Gasteiger partial charge >= 0.3 is 5.97 Å². The van der Waals surface area contributed by atoms with E-state index in [1.807, 2.05) is 24.3 Å². The summed E-state index contributed by atoms with van der Waals surface area (Å²) in [7, 11) is 1.44. The molecule has 0 unspecified atom stereocenters. The lowest BCUT2D eigenvalue weighted by Gasteiger charge is -2.17. The van der Waals surface area contributed by atoms with Crippen LogP contribution in [0.5, 0.6) is 0 Å². The van der Waals surface area contributed by atoms with Crippen molar-refractivity contribution in [2.24, 2.45) is 5.92 Å². The Labute approximate surface area is 103 Å². The summed E-state index contributed by atoms with van der Waals surface area (Å²) < 4.78 is 5.87. The van der Waals surface area contributed by atoms with Gasteiger partial charge in [-0.1, -0.05) is 28.1 Å². The molecule has 0 aliphatic carbocycles. The van der Waals surface area contributed by atoms with Crippen LogP contribution in [0.25, 0.3) is 0 Å². The number of hydrogen-bond donors (Lipinski definition) is 1. The molecular formula is C12H14BrNO2. The van der Waals surface area contributed by atoms with E-state index in [1.165, 1.54) is 7.11 Å². The first-order valence-corrected chi connectivity index (χ1v) is 6.08. The fraction of sp³-hybridized carbons (Fsp3) is 0.417. The predicted molar refractivity (Wildman–Crippen MR) is 65.0 cm³/mol. The van der Waals surface area contributed by atoms with Gasteiger partial charge < -0.3 is 10.1 Å². The third-order valence-corrected chi connectivity index (χ3v) is 3.48. The van der Waals surface area contributed by atoms with Crippen LogP contribution in [0.15, 0.2) is 28.7 Å². The van der Waals surface area contributed by atoms with E-state index in [0.717, 1.165) is 23.0 Å². The lowest BCUT2D eigenvalue weighted by molar-refractivity contribution is -0.145. The van der Waals surface area contributed by atoms with Crippen molar-refractivity contribution < 1.29 is 9.53 Å². The molecule has 1 saturated heterocycles. The number of nitrogens with one attached hydrogen (secondary N) is 1. The molecule has 1 aliphatic heterocycles. The Bertz CT molecular complexity index is 377. The van der Waals surface area contributed by atoms with Crippen LogP contribution in [0.1, 0.15) is 18.0 Å². The van der Waals surface area contributed by atoms with Crippen molar-refractivity contribution in [3.63, 3.8) is 0 Å². The van der Waals surface area contributed by atoms with Gasteiger partial charge in [-0.25, -0.2) is 0 Å². The summed E-state index contributed by atoms with van der Waals surface area (Å²) in [5.41, 5.74) is 1.14. The molecule has 1 N–H and O–H groups in total. The molecule has 1 aromatic rings. The number of hydrogen-bond acceptors (Lipinski definition) is 3. The van der Waals surface area contributed by atoms with E-state index in [4.69, 9.17) is 4.74 Å². The van der Waals surface area contributed by atoms with Gasteiger partial charge in [-0.3, -0.25) is 4.79 Å². The highest BCUT2D eigenvalue weighted by molar-refractivity contribution is 9.10. The van der Waals surface area contributed by atoms with Gasteiger partial charge in [0.15, 0.2) is 0 Å². The summed E-state index contributed by atoms with van der Waals surface area (Å²) in [4.78, 5) is 11.6. The molecule has 0 bridgehead atoms. The van der Waals surface area contributed by atoms with E-state index in [-0.39, 0.29) is 17.9 Å². The van der Waals surface area contributed by atoms with Gasteiger partial charge in [0.1, 0.15) is 0 Å². The maximum absolute atomic E-state index is 11.6. The van der Waals surface area contributed by atoms with Crippen LogP contribution >= 0.6 is 15.9 Å². The number of benzene rings is 1. The molecule has 0 radical (unpaired) electrons. The normalized spacial score (nSPS) is 24.4. The zero-order valence-corrected chi connectivity index (χ0v) is 10.7. The SMILES string of the molecule is COC(=O)[C@H]1CCN[C@H]1c1ccc(Br)cc1. The number of halogens is 1. The second kappa shape index (κ2) is 4.97. The number of carbonyl (C=O) groups excluding carboxylic acids is 1. The minimum Gasteiger partial charge on any atom is -0.469 e. The minimum absolute atomic E-state index is 0.0637. The average molecular weight is 284 g/mol. The molecule has 1 heterocycles. The topological polar surface area (TPSA) is 38.3 Å². The van der Waals surface area contributed by atoms with Crippen LogP contribution < -0.4 is 5.32 Å². The molecule has 16 heavy (non-hydrogen) atoms. The van der Waals surface area contributed by atoms with Crippen molar-refractivity contribution in [3.8, 4) is 0 Å². The molecule has 3 nitrogen and oxygen atoms in total. The Kier molecular flexibility index (Phi) is 3.61. The molecule has 4 heteroatoms. The van der Waals surface area contributed by atoms with Crippen molar-refractivity contribution in [2.75, 3.05) is 13.7 Å². The largest absolute Gasteiger partial charge is 0.469 e. The van der Waals surface area contributed by atoms with Crippen molar-refractivity contribution >= 4 is 21.9 Å². The van der Waals surface area contributed by atoms with Gasteiger partial charge in [0.05, 0.1) is 13.0 Å². The summed E-state index contributed by atoms with van der Waals surface area (Å²) in [6, 6.07) is 8.12. The van der Waals surface area contributed by atoms with Gasteiger partial charge in [-0.15, -0.1) is 0 Å². The van der Waals surface area contributed by atoms with E-state index >= 15 is 0 Å². The smallest absolute Gasteiger partial charge is 0.310 e. The number of rotatable bonds is 2. The van der Waals surface area contributed by atoms with Crippen molar-refractivity contribution in [1.29, 1.82) is 0 Å². The lowest BCUT2D eigenvalue weighted by Crippen LogP contribution is -2.24. The van der Waals surface area contributed by atoms with Crippen LogP contribution in [0.4, 0.5) is 0 Å². The van der Waals surface area contributed by atoms with Gasteiger partial charge in [0.2, 0.25) is 0 Å². The lowest BCUT2D eigenvalue weighted by atomic mass is 9.94. The van der Waals surface area contributed by atoms with Gasteiger partial charge in [-0.05, 0) is 30.7 Å². The second-order valence-corrected chi connectivity index (χ2v) is 4.82. The highest BCUT2D eigenvalue weighted by Crippen LogP contribution is 2.30. The van der Waals surface area contributed by atoms with E-state index in [2.05, 4.69) is 21.2 Å². The molecule has 1 aliphatic rings. The fourth-order valence-corrected chi connectivity index (χ4v) is 2.39. The first-order valence-electron chi connectivity index (χ1n) is 5.29. The minimum atomic E-state index is -0.127. The van der Waals surface area contributed by atoms with Crippen molar-refractivity contribution in [2.45, 2.75) is 12.5 Å². The molecule has 86 valence electrons. The maximum Gasteiger partial charge on any atom is 0.310 e. The van der Waals surface area contributed by atoms with E-state index in [1.54, 1.807) is 0 Å². The summed E-state index contributed by atoms with van der Waals surface area (Å²) >= 11 is 3.40. The molecule has 1 fully saturated rings. The van der Waals surface area contributed by atoms with E-state index in [9.17, 15) is 4.79 Å². The monoisotopic (exact) mass is 283 g/mol. The Balaban J connectivity index is 2.19. The fourth-order valence-electron chi connectivity index (χ4n) is 2.13. The van der Waals surface area contributed by atoms with E-state index < -0.39 is 0 Å². The Morgan fingerprint density at radius 1 is 1.44 bits per heavy atom. The van der Waals surface area contributed by atoms with Crippen LogP contribution in [-0.4, -0.2) is 19.6 Å². The second-order valence-electron chi connectivity index (χ2n) is 3.90. The van der Waals surface area contributed by atoms with Crippen LogP contribution in [-0.2, 0) is 9.53 Å². The van der Waals surface area contributed by atoms with E-state index in [0.29, 0.717) is 0 Å². The Hall–Kier alpha value is -0.870. The van der Waals surface area contributed by atoms with Crippen LogP contribution in [0.2, 0.25) is 0 Å². The Morgan fingerprint density at radius 3 is 2.75 bits per heavy atom. The summed E-state index contributed by atoms with van der Waals surface area (Å²) in [5.74, 6) is -0.191. The third-order valence-electron chi connectivity index (χ3n) is 2.96. The number of methoxy groups -OCH3 is 1. The number of esters is 1. The molecule has 0 amide bonds. The highest BCUT2D eigenvalue weighted by Gasteiger charge is 2.34. The zero-order chi connectivity index (χ0) is 11.5. The van der Waals surface area contributed by atoms with Gasteiger partial charge in [0, 0.05) is 10.5 Å². The molecule has 1 aromatic carbocycles. The van der Waals surface area contributed by atoms with Gasteiger partial charge in [0.25, 0.3) is 0 Å². The molecule has 2 atom stereocenters. The molecule has 0 aromatic heterocycles. The van der Waals surface area contributed by atoms with Gasteiger partial charge in [-0.2, -0.15) is 0 Å². The molecule has 2 rings (SSSR count). The molecular weight excluding hydrogens is 270 g/mol. The average Bonchev–Trinajstić information content (AvgIpc) is 2.78.